The van der Waals surface area contributed by atoms with Gasteiger partial charge in [-0.05, 0) is 42.2 Å². The maximum Gasteiger partial charge on any atom is 0.257 e. The van der Waals surface area contributed by atoms with Gasteiger partial charge in [0.05, 0.1) is 29.3 Å². The Morgan fingerprint density at radius 3 is 2.55 bits per heavy atom. The molecule has 1 heterocycles. The van der Waals surface area contributed by atoms with Gasteiger partial charge in [-0.2, -0.15) is 0 Å². The minimum Gasteiger partial charge on any atom is -0.496 e. The zero-order valence-corrected chi connectivity index (χ0v) is 21.2. The lowest BCUT2D eigenvalue weighted by atomic mass is 9.81. The molecular formula is C31H32N4O3. The van der Waals surface area contributed by atoms with Crippen molar-refractivity contribution in [3.63, 3.8) is 0 Å². The van der Waals surface area contributed by atoms with E-state index in [2.05, 4.69) is 33.7 Å². The van der Waals surface area contributed by atoms with Gasteiger partial charge in [-0.25, -0.2) is 0 Å². The van der Waals surface area contributed by atoms with Crippen molar-refractivity contribution in [2.24, 2.45) is 10.9 Å². The summed E-state index contributed by atoms with van der Waals surface area (Å²) in [5.74, 6) is 0.959. The predicted octanol–water partition coefficient (Wildman–Crippen LogP) is 5.60. The minimum absolute atomic E-state index is 0.209. The first-order valence-electron chi connectivity index (χ1n) is 12.6. The Balaban J connectivity index is 0.000000257. The quantitative estimate of drug-likeness (QED) is 0.296. The number of nitrogens with zero attached hydrogens (tertiary/aromatic N) is 2. The van der Waals surface area contributed by atoms with Crippen LogP contribution < -0.4 is 11.1 Å². The summed E-state index contributed by atoms with van der Waals surface area (Å²) < 4.78 is 5.35. The number of ether oxygens (including phenoxy) is 1. The number of pyridine rings is 1. The van der Waals surface area contributed by atoms with Crippen LogP contribution in [0, 0.1) is 0 Å². The molecule has 2 aromatic carbocycles. The van der Waals surface area contributed by atoms with E-state index in [0.717, 1.165) is 35.5 Å². The van der Waals surface area contributed by atoms with E-state index in [1.165, 1.54) is 5.56 Å². The topological polar surface area (TPSA) is 110 Å². The normalized spacial score (nSPS) is 16.9. The number of fused-ring (bicyclic) bond motifs is 1. The first-order valence-corrected chi connectivity index (χ1v) is 12.6. The van der Waals surface area contributed by atoms with E-state index in [0.29, 0.717) is 30.8 Å². The largest absolute Gasteiger partial charge is 0.496 e. The molecule has 2 aliphatic rings. The molecule has 7 nitrogen and oxygen atoms in total. The molecule has 1 unspecified atom stereocenters. The number of hydrogen-bond acceptors (Lipinski definition) is 6. The number of oxime groups is 1. The summed E-state index contributed by atoms with van der Waals surface area (Å²) in [6.45, 7) is 1.18. The molecule has 0 saturated heterocycles. The molecule has 1 aromatic heterocycles. The van der Waals surface area contributed by atoms with Crippen LogP contribution in [0.3, 0.4) is 0 Å². The molecule has 7 heteroatoms. The van der Waals surface area contributed by atoms with Crippen molar-refractivity contribution in [3.05, 3.63) is 131 Å². The number of rotatable bonds is 6. The Bertz CT molecular complexity index is 1330. The third-order valence-corrected chi connectivity index (χ3v) is 6.21. The van der Waals surface area contributed by atoms with Crippen LogP contribution in [0.15, 0.2) is 114 Å². The molecule has 2 aliphatic carbocycles. The maximum atomic E-state index is 12.5. The summed E-state index contributed by atoms with van der Waals surface area (Å²) in [5.41, 5.74) is 9.80. The average Bonchev–Trinajstić information content (AvgIpc) is 3.25. The fourth-order valence-electron chi connectivity index (χ4n) is 4.31. The van der Waals surface area contributed by atoms with Crippen LogP contribution in [0.4, 0.5) is 5.69 Å². The standard InChI is InChI=1S/C22H19N3O2.C9H13NO/c26-22(24-18-9-5-2-6-10-18)17-11-19-20(23-14-17)12-16(13-21(19)25-27)15-7-3-1-4-8-15;10-7-8-11-9-5-3-1-2-4-6-9/h1-11,14,16,27H,12-13H2,(H,24,26);1-5H,6-8,10H2/b25-21+;. The van der Waals surface area contributed by atoms with Crippen molar-refractivity contribution in [2.75, 3.05) is 18.5 Å². The Labute approximate surface area is 223 Å². The summed E-state index contributed by atoms with van der Waals surface area (Å²) in [5, 5.41) is 15.9. The summed E-state index contributed by atoms with van der Waals surface area (Å²) in [6, 6.07) is 21.2. The van der Waals surface area contributed by atoms with Crippen molar-refractivity contribution in [1.29, 1.82) is 0 Å². The number of nitrogens with one attached hydrogen (secondary N) is 1. The third-order valence-electron chi connectivity index (χ3n) is 6.21. The lowest BCUT2D eigenvalue weighted by Crippen LogP contribution is -2.22. The van der Waals surface area contributed by atoms with Gasteiger partial charge in [0.25, 0.3) is 5.91 Å². The molecule has 0 spiro atoms. The maximum absolute atomic E-state index is 12.5. The summed E-state index contributed by atoms with van der Waals surface area (Å²) >= 11 is 0. The van der Waals surface area contributed by atoms with Crippen LogP contribution in [0.5, 0.6) is 0 Å². The van der Waals surface area contributed by atoms with Gasteiger partial charge in [-0.15, -0.1) is 0 Å². The van der Waals surface area contributed by atoms with Gasteiger partial charge in [0, 0.05) is 36.8 Å². The van der Waals surface area contributed by atoms with Crippen LogP contribution >= 0.6 is 0 Å². The average molecular weight is 509 g/mol. The zero-order chi connectivity index (χ0) is 26.6. The van der Waals surface area contributed by atoms with Gasteiger partial charge < -0.3 is 21.0 Å². The molecule has 194 valence electrons. The van der Waals surface area contributed by atoms with Gasteiger partial charge in [0.15, 0.2) is 0 Å². The second-order valence-corrected chi connectivity index (χ2v) is 8.89. The number of hydrogen-bond donors (Lipinski definition) is 3. The fourth-order valence-corrected chi connectivity index (χ4v) is 4.31. The van der Waals surface area contributed by atoms with E-state index in [4.69, 9.17) is 10.5 Å². The Hall–Kier alpha value is -4.49. The van der Waals surface area contributed by atoms with Crippen molar-refractivity contribution in [2.45, 2.75) is 25.2 Å². The zero-order valence-electron chi connectivity index (χ0n) is 21.2. The van der Waals surface area contributed by atoms with E-state index in [1.807, 2.05) is 72.8 Å². The lowest BCUT2D eigenvalue weighted by Gasteiger charge is -2.25. The van der Waals surface area contributed by atoms with Crippen molar-refractivity contribution >= 4 is 17.3 Å². The number of amides is 1. The SMILES string of the molecule is NCCOC1=CC=CC=CC1.O=C(Nc1ccccc1)c1cnc2c(c1)/C(=N/O)CC(c1ccccc1)C2. The molecular weight excluding hydrogens is 476 g/mol. The second-order valence-electron chi connectivity index (χ2n) is 8.89. The summed E-state index contributed by atoms with van der Waals surface area (Å²) in [4.78, 5) is 17.0. The highest BCUT2D eigenvalue weighted by Crippen LogP contribution is 2.32. The number of para-hydroxylation sites is 1. The summed E-state index contributed by atoms with van der Waals surface area (Å²) in [7, 11) is 0. The predicted molar refractivity (Wildman–Crippen MR) is 150 cm³/mol. The highest BCUT2D eigenvalue weighted by molar-refractivity contribution is 6.08. The smallest absolute Gasteiger partial charge is 0.257 e. The molecule has 38 heavy (non-hydrogen) atoms. The molecule has 0 bridgehead atoms. The van der Waals surface area contributed by atoms with E-state index in [-0.39, 0.29) is 11.8 Å². The molecule has 3 aromatic rings. The number of aromatic nitrogens is 1. The summed E-state index contributed by atoms with van der Waals surface area (Å²) in [6.07, 6.45) is 13.8. The fraction of sp³-hybridized carbons (Fsp3) is 0.194. The molecule has 4 N–H and O–H groups in total. The van der Waals surface area contributed by atoms with Gasteiger partial charge >= 0.3 is 0 Å². The molecule has 0 saturated carbocycles. The van der Waals surface area contributed by atoms with E-state index in [9.17, 15) is 10.0 Å². The van der Waals surface area contributed by atoms with E-state index < -0.39 is 0 Å². The number of allylic oxidation sites excluding steroid dienone is 5. The molecule has 0 radical (unpaired) electrons. The highest BCUT2D eigenvalue weighted by atomic mass is 16.5. The van der Waals surface area contributed by atoms with Gasteiger partial charge in [0.2, 0.25) is 0 Å². The van der Waals surface area contributed by atoms with Crippen molar-refractivity contribution in [3.8, 4) is 0 Å². The molecule has 5 rings (SSSR count). The number of anilines is 1. The van der Waals surface area contributed by atoms with Gasteiger partial charge in [-0.3, -0.25) is 9.78 Å². The highest BCUT2D eigenvalue weighted by Gasteiger charge is 2.27. The monoisotopic (exact) mass is 508 g/mol. The van der Waals surface area contributed by atoms with Crippen LogP contribution in [-0.4, -0.2) is 35.0 Å². The molecule has 0 fully saturated rings. The minimum atomic E-state index is -0.237. The number of benzene rings is 2. The van der Waals surface area contributed by atoms with Crippen LogP contribution in [-0.2, 0) is 11.2 Å². The second kappa shape index (κ2) is 13.7. The first kappa shape index (κ1) is 26.6. The molecule has 0 aliphatic heterocycles. The molecule has 1 atom stereocenters. The third kappa shape index (κ3) is 7.27. The van der Waals surface area contributed by atoms with E-state index in [1.54, 1.807) is 12.3 Å². The number of carbonyl (C=O) groups is 1. The van der Waals surface area contributed by atoms with Gasteiger partial charge in [-0.1, -0.05) is 78.0 Å². The molecule has 1 amide bonds. The Kier molecular flexibility index (Phi) is 9.59. The number of carbonyl (C=O) groups excluding carboxylic acids is 1. The lowest BCUT2D eigenvalue weighted by molar-refractivity contribution is 0.102. The van der Waals surface area contributed by atoms with Crippen molar-refractivity contribution < 1.29 is 14.7 Å². The van der Waals surface area contributed by atoms with E-state index >= 15 is 0 Å². The van der Waals surface area contributed by atoms with Crippen LogP contribution in [0.1, 0.15) is 45.9 Å². The number of nitrogens with two attached hydrogens (primary N) is 1. The van der Waals surface area contributed by atoms with Crippen LogP contribution in [0.25, 0.3) is 0 Å². The van der Waals surface area contributed by atoms with Gasteiger partial charge in [0.1, 0.15) is 0 Å². The Morgan fingerprint density at radius 2 is 1.82 bits per heavy atom. The Morgan fingerprint density at radius 1 is 1.05 bits per heavy atom. The van der Waals surface area contributed by atoms with Crippen molar-refractivity contribution in [1.82, 2.24) is 4.98 Å². The van der Waals surface area contributed by atoms with Crippen LogP contribution in [0.2, 0.25) is 0 Å². The first-order chi connectivity index (χ1) is 18.7.